The van der Waals surface area contributed by atoms with Crippen LogP contribution in [0.2, 0.25) is 0 Å². The Morgan fingerprint density at radius 3 is 2.86 bits per heavy atom. The third kappa shape index (κ3) is 2.92. The molecule has 0 saturated carbocycles. The molecule has 8 heteroatoms. The van der Waals surface area contributed by atoms with E-state index in [1.165, 1.54) is 14.3 Å². The number of hydrogen-bond donors (Lipinski definition) is 1. The molecule has 2 heterocycles. The maximum Gasteiger partial charge on any atom is 0.302 e. The molecule has 0 spiro atoms. The third-order valence-electron chi connectivity index (χ3n) is 4.35. The third-order valence-corrected chi connectivity index (χ3v) is 4.35. The van der Waals surface area contributed by atoms with Crippen LogP contribution in [0.15, 0.2) is 0 Å². The maximum absolute atomic E-state index is 11.1. The second-order valence-corrected chi connectivity index (χ2v) is 5.95. The molecular formula is C13H21BN2O5. The average molecular weight is 296 g/mol. The minimum Gasteiger partial charge on any atom is -0.463 e. The molecule has 0 aliphatic carbocycles. The van der Waals surface area contributed by atoms with Crippen LogP contribution in [0, 0.1) is 17.1 Å². The zero-order valence-electron chi connectivity index (χ0n) is 12.8. The molecular weight excluding hydrogens is 275 g/mol. The van der Waals surface area contributed by atoms with Crippen LogP contribution in [-0.4, -0.2) is 57.6 Å². The second-order valence-electron chi connectivity index (χ2n) is 5.95. The zero-order valence-corrected chi connectivity index (χ0v) is 12.8. The number of carbonyl (C=O) groups excluding carboxylic acids is 1. The summed E-state index contributed by atoms with van der Waals surface area (Å²) in [5.74, 6) is 1.61. The van der Waals surface area contributed by atoms with Gasteiger partial charge in [0.05, 0.1) is 18.1 Å². The van der Waals surface area contributed by atoms with E-state index in [0.717, 1.165) is 0 Å². The van der Waals surface area contributed by atoms with Crippen LogP contribution in [-0.2, 0) is 23.8 Å². The van der Waals surface area contributed by atoms with E-state index in [4.69, 9.17) is 24.3 Å². The Morgan fingerprint density at radius 1 is 1.57 bits per heavy atom. The highest BCUT2D eigenvalue weighted by Gasteiger charge is 2.64. The molecule has 2 radical (unpaired) electrons. The summed E-state index contributed by atoms with van der Waals surface area (Å²) in [5.41, 5.74) is -1.11. The molecule has 2 fully saturated rings. The van der Waals surface area contributed by atoms with Crippen molar-refractivity contribution in [3.05, 3.63) is 0 Å². The standard InChI is InChI=1S/C13H21BN2O5/c1-9(17)19-6-11-13(18-4)7-16(14-8-15)20-5-10(13)12(2,3)21-11/h10-11,16H,5-7H2,1-4H3/t10-,11-,13+/m1/s1. The summed E-state index contributed by atoms with van der Waals surface area (Å²) in [6, 6.07) is 0. The van der Waals surface area contributed by atoms with Gasteiger partial charge in [-0.25, -0.2) is 5.26 Å². The Bertz CT molecular complexity index is 452. The summed E-state index contributed by atoms with van der Waals surface area (Å²) >= 11 is 0. The molecule has 0 bridgehead atoms. The number of carbonyl (C=O) groups is 1. The largest absolute Gasteiger partial charge is 0.463 e. The molecule has 0 aromatic rings. The monoisotopic (exact) mass is 296 g/mol. The van der Waals surface area contributed by atoms with Crippen molar-refractivity contribution in [2.45, 2.75) is 38.1 Å². The van der Waals surface area contributed by atoms with E-state index in [-0.39, 0.29) is 18.5 Å². The Hall–Kier alpha value is -1.14. The number of hydrogen-bond acceptors (Lipinski definition) is 6. The summed E-state index contributed by atoms with van der Waals surface area (Å²) < 4.78 is 17.0. The first-order valence-electron chi connectivity index (χ1n) is 6.93. The first kappa shape index (κ1) is 16.2. The summed E-state index contributed by atoms with van der Waals surface area (Å²) in [6.07, 6.45) is -0.391. The fourth-order valence-electron chi connectivity index (χ4n) is 3.33. The first-order chi connectivity index (χ1) is 9.85. The zero-order chi connectivity index (χ0) is 15.7. The van der Waals surface area contributed by atoms with Crippen LogP contribution in [0.25, 0.3) is 0 Å². The lowest BCUT2D eigenvalue weighted by atomic mass is 9.75. The number of quaternary nitrogens is 1. The Balaban J connectivity index is 2.24. The maximum atomic E-state index is 11.1. The van der Waals surface area contributed by atoms with Gasteiger partial charge in [0, 0.05) is 14.0 Å². The summed E-state index contributed by atoms with van der Waals surface area (Å²) in [4.78, 5) is 17.3. The van der Waals surface area contributed by atoms with Crippen LogP contribution < -0.4 is 4.97 Å². The van der Waals surface area contributed by atoms with Gasteiger partial charge >= 0.3 is 5.97 Å². The number of esters is 1. The van der Waals surface area contributed by atoms with Crippen LogP contribution in [0.5, 0.6) is 0 Å². The summed E-state index contributed by atoms with van der Waals surface area (Å²) in [7, 11) is 3.00. The molecule has 4 atom stereocenters. The lowest BCUT2D eigenvalue weighted by Gasteiger charge is -2.46. The number of fused-ring (bicyclic) bond motifs is 1. The first-order valence-corrected chi connectivity index (χ1v) is 6.93. The minimum absolute atomic E-state index is 0.00796. The predicted octanol–water partition coefficient (Wildman–Crippen LogP) is -1.34. The number of ether oxygens (including phenoxy) is 3. The molecule has 2 aliphatic rings. The predicted molar refractivity (Wildman–Crippen MR) is 72.0 cm³/mol. The molecule has 21 heavy (non-hydrogen) atoms. The molecule has 116 valence electrons. The fraction of sp³-hybridized carbons (Fsp3) is 0.846. The van der Waals surface area contributed by atoms with Gasteiger partial charge in [0.25, 0.3) is 0 Å². The lowest BCUT2D eigenvalue weighted by molar-refractivity contribution is -1.01. The highest BCUT2D eigenvalue weighted by molar-refractivity contribution is 6.35. The number of nitriles is 1. The second kappa shape index (κ2) is 5.93. The van der Waals surface area contributed by atoms with Gasteiger partial charge in [-0.3, -0.25) is 9.63 Å². The van der Waals surface area contributed by atoms with Gasteiger partial charge in [0.2, 0.25) is 0 Å². The van der Waals surface area contributed by atoms with Gasteiger partial charge in [0.15, 0.2) is 13.0 Å². The topological polar surface area (TPSA) is 82.2 Å². The van der Waals surface area contributed by atoms with Crippen LogP contribution in [0.1, 0.15) is 20.8 Å². The van der Waals surface area contributed by atoms with Crippen molar-refractivity contribution in [3.63, 3.8) is 0 Å². The van der Waals surface area contributed by atoms with Crippen molar-refractivity contribution in [2.24, 2.45) is 5.92 Å². The van der Waals surface area contributed by atoms with Gasteiger partial charge in [-0.2, -0.15) is 0 Å². The molecule has 0 amide bonds. The minimum atomic E-state index is -0.653. The lowest BCUT2D eigenvalue weighted by Crippen LogP contribution is -3.17. The van der Waals surface area contributed by atoms with E-state index in [1.807, 2.05) is 19.8 Å². The van der Waals surface area contributed by atoms with E-state index in [0.29, 0.717) is 18.1 Å². The van der Waals surface area contributed by atoms with E-state index in [9.17, 15) is 4.79 Å². The molecule has 2 aliphatic heterocycles. The number of methoxy groups -OCH3 is 1. The molecule has 0 aromatic heterocycles. The fourth-order valence-corrected chi connectivity index (χ4v) is 3.33. The van der Waals surface area contributed by atoms with Crippen molar-refractivity contribution < 1.29 is 28.8 Å². The number of hydroxylamine groups is 1. The van der Waals surface area contributed by atoms with E-state index in [1.54, 1.807) is 7.11 Å². The van der Waals surface area contributed by atoms with Crippen LogP contribution in [0.4, 0.5) is 0 Å². The number of nitrogens with zero attached hydrogens (tertiary/aromatic N) is 1. The van der Waals surface area contributed by atoms with Crippen molar-refractivity contribution >= 4 is 13.4 Å². The van der Waals surface area contributed by atoms with Gasteiger partial charge in [0.1, 0.15) is 19.3 Å². The molecule has 1 unspecified atom stereocenters. The van der Waals surface area contributed by atoms with Crippen LogP contribution >= 0.6 is 0 Å². The Kier molecular flexibility index (Phi) is 4.59. The van der Waals surface area contributed by atoms with Crippen molar-refractivity contribution in [1.82, 2.24) is 0 Å². The molecule has 2 saturated heterocycles. The smallest absolute Gasteiger partial charge is 0.302 e. The highest BCUT2D eigenvalue weighted by atomic mass is 16.7. The van der Waals surface area contributed by atoms with E-state index in [2.05, 4.69) is 0 Å². The van der Waals surface area contributed by atoms with Crippen molar-refractivity contribution in [1.29, 1.82) is 5.26 Å². The quantitative estimate of drug-likeness (QED) is 0.511. The Morgan fingerprint density at radius 2 is 2.29 bits per heavy atom. The average Bonchev–Trinajstić information content (AvgIpc) is 2.65. The number of nitrogens with one attached hydrogen (secondary N) is 1. The normalized spacial score (nSPS) is 37.6. The van der Waals surface area contributed by atoms with Gasteiger partial charge in [-0.15, -0.1) is 5.97 Å². The Labute approximate surface area is 125 Å². The molecule has 2 rings (SSSR count). The van der Waals surface area contributed by atoms with Gasteiger partial charge in [-0.1, -0.05) is 0 Å². The van der Waals surface area contributed by atoms with E-state index < -0.39 is 17.3 Å². The highest BCUT2D eigenvalue weighted by Crippen LogP contribution is 2.46. The van der Waals surface area contributed by atoms with Crippen LogP contribution in [0.3, 0.4) is 0 Å². The summed E-state index contributed by atoms with van der Waals surface area (Å²) in [6.45, 7) is 6.27. The van der Waals surface area contributed by atoms with Crippen molar-refractivity contribution in [3.8, 4) is 5.97 Å². The summed E-state index contributed by atoms with van der Waals surface area (Å²) in [5, 5.41) is 8.81. The number of rotatable bonds is 4. The SMILES string of the molecule is CO[C@@]12C[NH+]([B-]C#N)OC[C@@H]1C(C)(C)O[C@@H]2COC(C)=O. The van der Waals surface area contributed by atoms with Crippen molar-refractivity contribution in [2.75, 3.05) is 26.9 Å². The molecule has 1 N–H and O–H groups in total. The van der Waals surface area contributed by atoms with Gasteiger partial charge in [-0.05, 0) is 13.8 Å². The van der Waals surface area contributed by atoms with E-state index >= 15 is 0 Å². The van der Waals surface area contributed by atoms with Gasteiger partial charge < -0.3 is 19.2 Å². The molecule has 7 nitrogen and oxygen atoms in total. The molecule has 0 aromatic carbocycles.